The van der Waals surface area contributed by atoms with Gasteiger partial charge in [0.05, 0.1) is 0 Å². The van der Waals surface area contributed by atoms with E-state index in [-0.39, 0.29) is 31.1 Å². The van der Waals surface area contributed by atoms with Crippen molar-refractivity contribution >= 4 is 51.1 Å². The first-order valence-corrected chi connectivity index (χ1v) is 21.0. The lowest BCUT2D eigenvalue weighted by Gasteiger charge is -2.33. The molecule has 0 aliphatic carbocycles. The lowest BCUT2D eigenvalue weighted by atomic mass is 9.94. The van der Waals surface area contributed by atoms with Crippen LogP contribution in [0.25, 0.3) is 21.5 Å². The molecule has 1 aliphatic rings. The van der Waals surface area contributed by atoms with Crippen LogP contribution in [0, 0.1) is 5.92 Å². The number of nitrogens with two attached hydrogens (primary N) is 2. The van der Waals surface area contributed by atoms with Gasteiger partial charge in [-0.3, -0.25) is 24.0 Å². The summed E-state index contributed by atoms with van der Waals surface area (Å²) in [6.45, 7) is 1.86. The molecule has 1 heterocycles. The molecule has 1 saturated heterocycles. The molecule has 60 heavy (non-hydrogen) atoms. The Kier molecular flexibility index (Phi) is 15.4. The van der Waals surface area contributed by atoms with E-state index in [1.165, 1.54) is 4.90 Å². The first kappa shape index (κ1) is 43.5. The number of piperidine rings is 1. The summed E-state index contributed by atoms with van der Waals surface area (Å²) in [7, 11) is 1.66. The lowest BCUT2D eigenvalue weighted by molar-refractivity contribution is -0.143. The number of likely N-dealkylation sites (N-methyl/N-ethyl adjacent to an activating group) is 1. The molecule has 12 nitrogen and oxygen atoms in total. The zero-order valence-corrected chi connectivity index (χ0v) is 34.3. The average Bonchev–Trinajstić information content (AvgIpc) is 3.27. The van der Waals surface area contributed by atoms with Gasteiger partial charge in [-0.15, -0.1) is 0 Å². The molecule has 0 saturated carbocycles. The van der Waals surface area contributed by atoms with Gasteiger partial charge in [0.25, 0.3) is 0 Å². The molecule has 8 N–H and O–H groups in total. The Labute approximate surface area is 351 Å². The second-order valence-corrected chi connectivity index (χ2v) is 15.8. The molecule has 0 spiro atoms. The quantitative estimate of drug-likeness (QED) is 0.0682. The molecule has 0 bridgehead atoms. The Bertz CT molecular complexity index is 2260. The highest BCUT2D eigenvalue weighted by Gasteiger charge is 2.35. The van der Waals surface area contributed by atoms with E-state index in [2.05, 4.69) is 21.3 Å². The number of carbonyl (C=O) groups excluding carboxylic acids is 5. The van der Waals surface area contributed by atoms with E-state index in [0.717, 1.165) is 38.2 Å². The summed E-state index contributed by atoms with van der Waals surface area (Å²) in [5.41, 5.74) is 13.8. The molecule has 1 unspecified atom stereocenters. The van der Waals surface area contributed by atoms with Crippen LogP contribution in [0.5, 0.6) is 0 Å². The van der Waals surface area contributed by atoms with Crippen molar-refractivity contribution in [1.82, 2.24) is 26.2 Å². The Morgan fingerprint density at radius 2 is 1.12 bits per heavy atom. The van der Waals surface area contributed by atoms with Crippen LogP contribution in [0.1, 0.15) is 48.8 Å². The van der Waals surface area contributed by atoms with Crippen molar-refractivity contribution in [2.24, 2.45) is 17.4 Å². The smallest absolute Gasteiger partial charge is 0.243 e. The Hall–Kier alpha value is -6.11. The first-order valence-electron chi connectivity index (χ1n) is 21.0. The van der Waals surface area contributed by atoms with E-state index >= 15 is 0 Å². The van der Waals surface area contributed by atoms with Crippen molar-refractivity contribution < 1.29 is 24.0 Å². The highest BCUT2D eigenvalue weighted by atomic mass is 16.2. The largest absolute Gasteiger partial charge is 0.368 e. The molecule has 6 rings (SSSR count). The summed E-state index contributed by atoms with van der Waals surface area (Å²) < 4.78 is 0. The monoisotopic (exact) mass is 811 g/mol. The van der Waals surface area contributed by atoms with Crippen LogP contribution in [-0.4, -0.2) is 85.3 Å². The first-order chi connectivity index (χ1) is 29.1. The topological polar surface area (TPSA) is 189 Å². The zero-order valence-electron chi connectivity index (χ0n) is 34.3. The van der Waals surface area contributed by atoms with Crippen molar-refractivity contribution in [3.05, 3.63) is 132 Å². The van der Waals surface area contributed by atoms with Gasteiger partial charge in [0.15, 0.2) is 0 Å². The molecule has 5 aromatic carbocycles. The second-order valence-electron chi connectivity index (χ2n) is 15.8. The standard InChI is InChI=1S/C48H57N7O5/c1-55(48(60)37-22-25-51-26-23-37)43(31-34-19-21-36-14-6-8-16-39(36)28-34)47(59)54-42(30-33-18-20-35-13-5-7-15-38(35)27-33)46(58)53-41(29-32-11-3-2-4-12-32)45(57)52-40(44(50)56)17-9-10-24-49/h2-8,11-16,18-21,27-28,37,40-43,51H,9-10,17,22-26,29-31,49H2,1H3,(H2,50,56)(H,52,57)(H,53,58)(H,54,59)/t40-,41-,42+,43?/m0/s1. The predicted molar refractivity (Wildman–Crippen MR) is 235 cm³/mol. The van der Waals surface area contributed by atoms with Gasteiger partial charge in [0.2, 0.25) is 29.5 Å². The van der Waals surface area contributed by atoms with Crippen LogP contribution in [0.4, 0.5) is 0 Å². The SMILES string of the molecule is CN(C(=O)C1CCNCC1)C(Cc1ccc2ccccc2c1)C(=O)N[C@H](Cc1ccc2ccccc2c1)C(=O)N[C@@H](Cc1ccccc1)C(=O)N[C@@H](CCCCN)C(N)=O. The lowest BCUT2D eigenvalue weighted by Crippen LogP contribution is -2.59. The average molecular weight is 812 g/mol. The van der Waals surface area contributed by atoms with E-state index in [4.69, 9.17) is 11.5 Å². The highest BCUT2D eigenvalue weighted by molar-refractivity contribution is 5.96. The summed E-state index contributed by atoms with van der Waals surface area (Å²) >= 11 is 0. The Morgan fingerprint density at radius 1 is 0.617 bits per heavy atom. The van der Waals surface area contributed by atoms with Gasteiger partial charge in [0.1, 0.15) is 24.2 Å². The van der Waals surface area contributed by atoms with Crippen LogP contribution in [0.3, 0.4) is 0 Å². The molecule has 1 aliphatic heterocycles. The second kappa shape index (κ2) is 21.2. The minimum atomic E-state index is -1.15. The molecule has 5 aromatic rings. The van der Waals surface area contributed by atoms with Gasteiger partial charge in [0, 0.05) is 32.2 Å². The molecule has 0 aromatic heterocycles. The molecule has 1 fully saturated rings. The number of nitrogens with one attached hydrogen (secondary N) is 4. The number of fused-ring (bicyclic) bond motifs is 2. The molecule has 4 atom stereocenters. The fraction of sp³-hybridized carbons (Fsp3) is 0.354. The maximum absolute atomic E-state index is 14.8. The van der Waals surface area contributed by atoms with Gasteiger partial charge in [-0.1, -0.05) is 115 Å². The van der Waals surface area contributed by atoms with Gasteiger partial charge in [-0.05, 0) is 90.0 Å². The Morgan fingerprint density at radius 3 is 1.68 bits per heavy atom. The Balaban J connectivity index is 1.32. The van der Waals surface area contributed by atoms with Gasteiger partial charge < -0.3 is 37.6 Å². The third-order valence-corrected chi connectivity index (χ3v) is 11.5. The fourth-order valence-corrected chi connectivity index (χ4v) is 7.97. The molecule has 314 valence electrons. The summed E-state index contributed by atoms with van der Waals surface area (Å²) in [6, 6.07) is 32.7. The van der Waals surface area contributed by atoms with E-state index in [9.17, 15) is 24.0 Å². The summed E-state index contributed by atoms with van der Waals surface area (Å²) in [4.78, 5) is 71.5. The number of hydrogen-bond acceptors (Lipinski definition) is 7. The number of benzene rings is 5. The minimum Gasteiger partial charge on any atom is -0.368 e. The number of unbranched alkanes of at least 4 members (excludes halogenated alkanes) is 1. The van der Waals surface area contributed by atoms with Gasteiger partial charge in [-0.25, -0.2) is 0 Å². The van der Waals surface area contributed by atoms with Crippen LogP contribution < -0.4 is 32.7 Å². The molecule has 12 heteroatoms. The zero-order chi connectivity index (χ0) is 42.4. The van der Waals surface area contributed by atoms with E-state index < -0.39 is 47.8 Å². The summed E-state index contributed by atoms with van der Waals surface area (Å²) in [6.07, 6.45) is 3.28. The number of primary amides is 1. The van der Waals surface area contributed by atoms with E-state index in [1.54, 1.807) is 7.05 Å². The number of carbonyl (C=O) groups is 5. The van der Waals surface area contributed by atoms with Gasteiger partial charge in [-0.2, -0.15) is 0 Å². The normalized spacial score (nSPS) is 15.0. The number of hydrogen-bond donors (Lipinski definition) is 6. The van der Waals surface area contributed by atoms with Crippen LogP contribution in [-0.2, 0) is 43.2 Å². The predicted octanol–water partition coefficient (Wildman–Crippen LogP) is 3.92. The number of nitrogens with zero attached hydrogens (tertiary/aromatic N) is 1. The van der Waals surface area contributed by atoms with E-state index in [1.807, 2.05) is 115 Å². The molecule has 5 amide bonds. The summed E-state index contributed by atoms with van der Waals surface area (Å²) in [5, 5.41) is 16.1. The van der Waals surface area contributed by atoms with Crippen molar-refractivity contribution in [3.8, 4) is 0 Å². The molecular formula is C48H57N7O5. The third kappa shape index (κ3) is 11.8. The fourth-order valence-electron chi connectivity index (χ4n) is 7.97. The van der Waals surface area contributed by atoms with Crippen molar-refractivity contribution in [2.45, 2.75) is 75.5 Å². The maximum Gasteiger partial charge on any atom is 0.243 e. The van der Waals surface area contributed by atoms with Crippen LogP contribution in [0.2, 0.25) is 0 Å². The van der Waals surface area contributed by atoms with Crippen LogP contribution >= 0.6 is 0 Å². The minimum absolute atomic E-state index is 0.0970. The number of rotatable bonds is 19. The molecule has 0 radical (unpaired) electrons. The van der Waals surface area contributed by atoms with Crippen molar-refractivity contribution in [1.29, 1.82) is 0 Å². The third-order valence-electron chi connectivity index (χ3n) is 11.5. The number of amides is 5. The van der Waals surface area contributed by atoms with E-state index in [0.29, 0.717) is 51.7 Å². The van der Waals surface area contributed by atoms with Crippen LogP contribution in [0.15, 0.2) is 115 Å². The summed E-state index contributed by atoms with van der Waals surface area (Å²) in [5.74, 6) is -2.72. The van der Waals surface area contributed by atoms with Crippen molar-refractivity contribution in [3.63, 3.8) is 0 Å². The van der Waals surface area contributed by atoms with Gasteiger partial charge >= 0.3 is 0 Å². The molecular weight excluding hydrogens is 755 g/mol. The van der Waals surface area contributed by atoms with Crippen molar-refractivity contribution in [2.75, 3.05) is 26.7 Å². The highest BCUT2D eigenvalue weighted by Crippen LogP contribution is 2.22. The maximum atomic E-state index is 14.8.